The molecule has 1 amide bonds. The van der Waals surface area contributed by atoms with Crippen molar-refractivity contribution in [2.45, 2.75) is 38.3 Å². The van der Waals surface area contributed by atoms with Crippen LogP contribution in [0.1, 0.15) is 47.3 Å². The summed E-state index contributed by atoms with van der Waals surface area (Å²) < 4.78 is 15.8. The zero-order valence-corrected chi connectivity index (χ0v) is 16.4. The van der Waals surface area contributed by atoms with Gasteiger partial charge in [0.2, 0.25) is 0 Å². The van der Waals surface area contributed by atoms with Gasteiger partial charge in [-0.3, -0.25) is 4.79 Å². The van der Waals surface area contributed by atoms with Crippen LogP contribution in [0.5, 0.6) is 11.5 Å². The molecule has 2 atom stereocenters. The summed E-state index contributed by atoms with van der Waals surface area (Å²) in [5.41, 5.74) is 2.60. The van der Waals surface area contributed by atoms with E-state index in [0.29, 0.717) is 5.75 Å². The number of para-hydroxylation sites is 1. The van der Waals surface area contributed by atoms with Crippen LogP contribution in [0.4, 0.5) is 0 Å². The van der Waals surface area contributed by atoms with Crippen molar-refractivity contribution in [3.05, 3.63) is 59.2 Å². The van der Waals surface area contributed by atoms with Crippen LogP contribution in [0.15, 0.2) is 42.5 Å². The maximum absolute atomic E-state index is 12.6. The first-order valence-electron chi connectivity index (χ1n) is 9.35. The third-order valence-electron chi connectivity index (χ3n) is 4.96. The Kier molecular flexibility index (Phi) is 6.19. The molecule has 0 heterocycles. The number of fused-ring (bicyclic) bond motifs is 1. The van der Waals surface area contributed by atoms with Gasteiger partial charge in [0.25, 0.3) is 5.91 Å². The fraction of sp³-hybridized carbons (Fsp3) is 0.364. The predicted octanol–water partition coefficient (Wildman–Crippen LogP) is 3.44. The Labute approximate surface area is 164 Å². The van der Waals surface area contributed by atoms with Gasteiger partial charge < -0.3 is 19.5 Å². The molecule has 3 rings (SSSR count). The number of methoxy groups -OCH3 is 2. The van der Waals surface area contributed by atoms with E-state index in [1.807, 2.05) is 18.2 Å². The van der Waals surface area contributed by atoms with Crippen molar-refractivity contribution < 1.29 is 23.8 Å². The number of amides is 1. The van der Waals surface area contributed by atoms with E-state index in [1.165, 1.54) is 19.8 Å². The van der Waals surface area contributed by atoms with Crippen LogP contribution < -0.4 is 14.8 Å². The highest BCUT2D eigenvalue weighted by Gasteiger charge is 2.27. The molecule has 0 saturated carbocycles. The van der Waals surface area contributed by atoms with Gasteiger partial charge in [-0.05, 0) is 49.4 Å². The van der Waals surface area contributed by atoms with E-state index in [0.717, 1.165) is 24.8 Å². The number of ether oxygens (including phenoxy) is 3. The molecule has 6 nitrogen and oxygen atoms in total. The second-order valence-corrected chi connectivity index (χ2v) is 6.74. The molecule has 0 aliphatic heterocycles. The minimum Gasteiger partial charge on any atom is -0.493 e. The summed E-state index contributed by atoms with van der Waals surface area (Å²) in [6.07, 6.45) is 1.96. The molecule has 2 aromatic carbocycles. The molecule has 2 unspecified atom stereocenters. The third-order valence-corrected chi connectivity index (χ3v) is 4.96. The van der Waals surface area contributed by atoms with Gasteiger partial charge in [-0.15, -0.1) is 0 Å². The first-order valence-corrected chi connectivity index (χ1v) is 9.35. The molecule has 0 bridgehead atoms. The van der Waals surface area contributed by atoms with Crippen LogP contribution in [0.3, 0.4) is 0 Å². The highest BCUT2D eigenvalue weighted by Crippen LogP contribution is 2.32. The molecule has 0 aromatic heterocycles. The summed E-state index contributed by atoms with van der Waals surface area (Å²) in [7, 11) is 2.94. The zero-order valence-electron chi connectivity index (χ0n) is 16.4. The van der Waals surface area contributed by atoms with E-state index in [2.05, 4.69) is 11.4 Å². The zero-order chi connectivity index (χ0) is 20.1. The van der Waals surface area contributed by atoms with Crippen molar-refractivity contribution in [3.63, 3.8) is 0 Å². The number of aryl methyl sites for hydroxylation is 1. The molecule has 148 valence electrons. The maximum atomic E-state index is 12.6. The van der Waals surface area contributed by atoms with Gasteiger partial charge in [0, 0.05) is 0 Å². The van der Waals surface area contributed by atoms with Gasteiger partial charge in [0.05, 0.1) is 20.3 Å². The molecule has 1 aliphatic rings. The van der Waals surface area contributed by atoms with Crippen LogP contribution in [0.2, 0.25) is 0 Å². The van der Waals surface area contributed by atoms with Gasteiger partial charge in [-0.1, -0.05) is 30.3 Å². The highest BCUT2D eigenvalue weighted by molar-refractivity contribution is 5.95. The van der Waals surface area contributed by atoms with Crippen molar-refractivity contribution >= 4 is 11.9 Å². The van der Waals surface area contributed by atoms with Gasteiger partial charge in [-0.2, -0.15) is 0 Å². The molecule has 1 aliphatic carbocycles. The standard InChI is InChI=1S/C22H25NO5/c1-14(28-22(25)17-11-7-13-19(26-2)20(17)27-3)21(24)23-18-12-6-9-15-8-4-5-10-16(15)18/h4-5,7-8,10-11,13-14,18H,6,9,12H2,1-3H3,(H,23,24). The van der Waals surface area contributed by atoms with Gasteiger partial charge in [0.15, 0.2) is 17.6 Å². The second kappa shape index (κ2) is 8.78. The summed E-state index contributed by atoms with van der Waals surface area (Å²) in [6, 6.07) is 13.0. The number of esters is 1. The Balaban J connectivity index is 1.68. The fourth-order valence-electron chi connectivity index (χ4n) is 3.52. The van der Waals surface area contributed by atoms with Crippen LogP contribution in [-0.4, -0.2) is 32.2 Å². The fourth-order valence-corrected chi connectivity index (χ4v) is 3.52. The Morgan fingerprint density at radius 3 is 2.61 bits per heavy atom. The smallest absolute Gasteiger partial charge is 0.342 e. The Morgan fingerprint density at radius 2 is 1.86 bits per heavy atom. The van der Waals surface area contributed by atoms with Crippen molar-refractivity contribution in [3.8, 4) is 11.5 Å². The predicted molar refractivity (Wildman–Crippen MR) is 105 cm³/mol. The molecule has 0 fully saturated rings. The van der Waals surface area contributed by atoms with Crippen LogP contribution in [0.25, 0.3) is 0 Å². The molecule has 0 saturated heterocycles. The van der Waals surface area contributed by atoms with Crippen LogP contribution >= 0.6 is 0 Å². The number of carbonyl (C=O) groups is 2. The lowest BCUT2D eigenvalue weighted by atomic mass is 9.87. The first kappa shape index (κ1) is 19.7. The molecular weight excluding hydrogens is 358 g/mol. The van der Waals surface area contributed by atoms with E-state index >= 15 is 0 Å². The molecule has 28 heavy (non-hydrogen) atoms. The number of hydrogen-bond donors (Lipinski definition) is 1. The molecular formula is C22H25NO5. The van der Waals surface area contributed by atoms with E-state index in [-0.39, 0.29) is 23.3 Å². The number of benzene rings is 2. The monoisotopic (exact) mass is 383 g/mol. The maximum Gasteiger partial charge on any atom is 0.342 e. The van der Waals surface area contributed by atoms with Gasteiger partial charge >= 0.3 is 5.97 Å². The Bertz CT molecular complexity index is 864. The lowest BCUT2D eigenvalue weighted by Crippen LogP contribution is -2.39. The van der Waals surface area contributed by atoms with Gasteiger partial charge in [0.1, 0.15) is 5.56 Å². The number of rotatable bonds is 6. The minimum absolute atomic E-state index is 0.0649. The van der Waals surface area contributed by atoms with Gasteiger partial charge in [-0.25, -0.2) is 4.79 Å². The largest absolute Gasteiger partial charge is 0.493 e. The summed E-state index contributed by atoms with van der Waals surface area (Å²) in [6.45, 7) is 1.56. The topological polar surface area (TPSA) is 73.9 Å². The third kappa shape index (κ3) is 4.11. The molecule has 2 aromatic rings. The van der Waals surface area contributed by atoms with E-state index in [4.69, 9.17) is 14.2 Å². The highest BCUT2D eigenvalue weighted by atomic mass is 16.6. The normalized spacial score (nSPS) is 16.5. The second-order valence-electron chi connectivity index (χ2n) is 6.74. The Hall–Kier alpha value is -3.02. The van der Waals surface area contributed by atoms with Crippen LogP contribution in [0, 0.1) is 0 Å². The lowest BCUT2D eigenvalue weighted by molar-refractivity contribution is -0.130. The average molecular weight is 383 g/mol. The molecule has 0 radical (unpaired) electrons. The Morgan fingerprint density at radius 1 is 1.07 bits per heavy atom. The van der Waals surface area contributed by atoms with Crippen molar-refractivity contribution in [1.29, 1.82) is 0 Å². The SMILES string of the molecule is COc1cccc(C(=O)OC(C)C(=O)NC2CCCc3ccccc32)c1OC. The number of hydrogen-bond acceptors (Lipinski definition) is 5. The lowest BCUT2D eigenvalue weighted by Gasteiger charge is -2.27. The van der Waals surface area contributed by atoms with Crippen molar-refractivity contribution in [2.24, 2.45) is 0 Å². The summed E-state index contributed by atoms with van der Waals surface area (Å²) in [5.74, 6) is -0.254. The quantitative estimate of drug-likeness (QED) is 0.774. The van der Waals surface area contributed by atoms with E-state index in [1.54, 1.807) is 25.1 Å². The van der Waals surface area contributed by atoms with Crippen molar-refractivity contribution in [2.75, 3.05) is 14.2 Å². The average Bonchev–Trinajstić information content (AvgIpc) is 2.73. The summed E-state index contributed by atoms with van der Waals surface area (Å²) >= 11 is 0. The first-order chi connectivity index (χ1) is 13.5. The van der Waals surface area contributed by atoms with E-state index in [9.17, 15) is 9.59 Å². The molecule has 0 spiro atoms. The number of carbonyl (C=O) groups excluding carboxylic acids is 2. The summed E-state index contributed by atoms with van der Waals surface area (Å²) in [4.78, 5) is 25.2. The van der Waals surface area contributed by atoms with E-state index < -0.39 is 12.1 Å². The molecule has 6 heteroatoms. The molecule has 1 N–H and O–H groups in total. The van der Waals surface area contributed by atoms with Crippen molar-refractivity contribution in [1.82, 2.24) is 5.32 Å². The van der Waals surface area contributed by atoms with Crippen LogP contribution in [-0.2, 0) is 16.0 Å². The number of nitrogens with one attached hydrogen (secondary N) is 1. The summed E-state index contributed by atoms with van der Waals surface area (Å²) in [5, 5.41) is 3.01. The minimum atomic E-state index is -0.933.